The van der Waals surface area contributed by atoms with E-state index in [4.69, 9.17) is 14.2 Å². The first-order valence-electron chi connectivity index (χ1n) is 14.7. The van der Waals surface area contributed by atoms with E-state index >= 15 is 0 Å². The molecule has 1 heterocycles. The molecule has 9 nitrogen and oxygen atoms in total. The molecule has 3 aromatic rings. The third-order valence-electron chi connectivity index (χ3n) is 7.39. The SMILES string of the molecule is COc1cccc(CC(CC(O)C(Cc2ccc(Br)cc2)NC(=O)OC(C)(C)C)C(=O)NC2c3ccccc3OCC2O)c1. The van der Waals surface area contributed by atoms with Gasteiger partial charge < -0.3 is 35.1 Å². The summed E-state index contributed by atoms with van der Waals surface area (Å²) in [6.45, 7) is 5.35. The Kier molecular flexibility index (Phi) is 11.3. The van der Waals surface area contributed by atoms with E-state index < -0.39 is 41.9 Å². The van der Waals surface area contributed by atoms with Crippen LogP contribution in [0.3, 0.4) is 0 Å². The molecule has 0 radical (unpaired) electrons. The zero-order valence-corrected chi connectivity index (χ0v) is 27.0. The highest BCUT2D eigenvalue weighted by Crippen LogP contribution is 2.33. The molecule has 0 saturated heterocycles. The third kappa shape index (κ3) is 9.45. The van der Waals surface area contributed by atoms with Crippen LogP contribution in [-0.4, -0.2) is 59.8 Å². The quantitative estimate of drug-likeness (QED) is 0.224. The molecular weight excluding hydrogens is 628 g/mol. The fourth-order valence-electron chi connectivity index (χ4n) is 5.23. The Hall–Kier alpha value is -3.60. The molecule has 5 atom stereocenters. The maximum absolute atomic E-state index is 14.0. The van der Waals surface area contributed by atoms with Crippen molar-refractivity contribution in [2.75, 3.05) is 13.7 Å². The molecule has 2 amide bonds. The maximum Gasteiger partial charge on any atom is 0.407 e. The second-order valence-electron chi connectivity index (χ2n) is 12.0. The molecular formula is C34H41BrN2O7. The van der Waals surface area contributed by atoms with Crippen molar-refractivity contribution in [2.24, 2.45) is 5.92 Å². The Morgan fingerprint density at radius 2 is 1.75 bits per heavy atom. The van der Waals surface area contributed by atoms with E-state index in [1.165, 1.54) is 0 Å². The number of rotatable bonds is 11. The van der Waals surface area contributed by atoms with Crippen LogP contribution >= 0.6 is 15.9 Å². The molecule has 5 unspecified atom stereocenters. The number of aliphatic hydroxyl groups excluding tert-OH is 2. The summed E-state index contributed by atoms with van der Waals surface area (Å²) >= 11 is 3.44. The lowest BCUT2D eigenvalue weighted by atomic mass is 9.88. The van der Waals surface area contributed by atoms with Crippen molar-refractivity contribution in [3.8, 4) is 11.5 Å². The smallest absolute Gasteiger partial charge is 0.407 e. The van der Waals surface area contributed by atoms with Crippen LogP contribution in [0.4, 0.5) is 4.79 Å². The molecule has 4 N–H and O–H groups in total. The highest BCUT2D eigenvalue weighted by Gasteiger charge is 2.35. The van der Waals surface area contributed by atoms with Crippen LogP contribution in [0.2, 0.25) is 0 Å². The molecule has 4 rings (SSSR count). The highest BCUT2D eigenvalue weighted by atomic mass is 79.9. The van der Waals surface area contributed by atoms with Gasteiger partial charge in [-0.25, -0.2) is 4.79 Å². The normalized spacial score (nSPS) is 18.2. The molecule has 0 aliphatic carbocycles. The number of alkyl carbamates (subject to hydrolysis) is 1. The van der Waals surface area contributed by atoms with Crippen LogP contribution < -0.4 is 20.1 Å². The molecule has 0 aromatic heterocycles. The number of fused-ring (bicyclic) bond motifs is 1. The Bertz CT molecular complexity index is 1410. The number of ether oxygens (including phenoxy) is 3. The lowest BCUT2D eigenvalue weighted by molar-refractivity contribution is -0.128. The number of hydrogen-bond acceptors (Lipinski definition) is 7. The van der Waals surface area contributed by atoms with E-state index in [-0.39, 0.29) is 18.9 Å². The van der Waals surface area contributed by atoms with Gasteiger partial charge in [0.1, 0.15) is 29.8 Å². The minimum absolute atomic E-state index is 0.0288. The first kappa shape index (κ1) is 33.3. The van der Waals surface area contributed by atoms with Gasteiger partial charge in [0.05, 0.1) is 25.3 Å². The van der Waals surface area contributed by atoms with Gasteiger partial charge in [-0.2, -0.15) is 0 Å². The number of benzene rings is 3. The summed E-state index contributed by atoms with van der Waals surface area (Å²) in [5.41, 5.74) is 1.69. The van der Waals surface area contributed by atoms with E-state index in [2.05, 4.69) is 26.6 Å². The molecule has 1 aliphatic heterocycles. The molecule has 0 spiro atoms. The molecule has 44 heavy (non-hydrogen) atoms. The van der Waals surface area contributed by atoms with Crippen molar-refractivity contribution in [2.45, 2.75) is 69.9 Å². The Labute approximate surface area is 267 Å². The summed E-state index contributed by atoms with van der Waals surface area (Å²) in [5, 5.41) is 28.3. The van der Waals surface area contributed by atoms with Crippen LogP contribution in [0.1, 0.15) is 49.9 Å². The van der Waals surface area contributed by atoms with Crippen LogP contribution in [-0.2, 0) is 22.4 Å². The van der Waals surface area contributed by atoms with Crippen molar-refractivity contribution < 1.29 is 34.0 Å². The van der Waals surface area contributed by atoms with Crippen LogP contribution in [0.25, 0.3) is 0 Å². The average molecular weight is 670 g/mol. The predicted octanol–water partition coefficient (Wildman–Crippen LogP) is 5.11. The molecule has 1 aliphatic rings. The van der Waals surface area contributed by atoms with E-state index in [0.29, 0.717) is 29.9 Å². The third-order valence-corrected chi connectivity index (χ3v) is 7.92. The number of para-hydroxylation sites is 1. The number of halogens is 1. The molecule has 10 heteroatoms. The lowest BCUT2D eigenvalue weighted by Gasteiger charge is -2.33. The zero-order valence-electron chi connectivity index (χ0n) is 25.5. The second kappa shape index (κ2) is 14.9. The van der Waals surface area contributed by atoms with Crippen molar-refractivity contribution in [3.63, 3.8) is 0 Å². The summed E-state index contributed by atoms with van der Waals surface area (Å²) in [7, 11) is 1.58. The summed E-state index contributed by atoms with van der Waals surface area (Å²) < 4.78 is 17.4. The van der Waals surface area contributed by atoms with Gasteiger partial charge in [-0.05, 0) is 81.5 Å². The number of carbonyl (C=O) groups excluding carboxylic acids is 2. The van der Waals surface area contributed by atoms with Crippen molar-refractivity contribution >= 4 is 27.9 Å². The van der Waals surface area contributed by atoms with Crippen LogP contribution in [0.15, 0.2) is 77.3 Å². The van der Waals surface area contributed by atoms with Gasteiger partial charge >= 0.3 is 6.09 Å². The van der Waals surface area contributed by atoms with E-state index in [1.54, 1.807) is 33.9 Å². The first-order chi connectivity index (χ1) is 20.9. The second-order valence-corrected chi connectivity index (χ2v) is 13.0. The fourth-order valence-corrected chi connectivity index (χ4v) is 5.50. The van der Waals surface area contributed by atoms with Gasteiger partial charge in [-0.3, -0.25) is 4.79 Å². The lowest BCUT2D eigenvalue weighted by Crippen LogP contribution is -2.49. The van der Waals surface area contributed by atoms with Gasteiger partial charge in [0, 0.05) is 16.0 Å². The summed E-state index contributed by atoms with van der Waals surface area (Å²) in [5.74, 6) is 0.193. The standard InChI is InChI=1S/C34H41BrN2O7/c1-34(2,3)44-33(41)36-27(18-21-12-14-24(35)15-13-21)28(38)19-23(16-22-8-7-9-25(17-22)42-4)32(40)37-31-26-10-5-6-11-30(26)43-20-29(31)39/h5-15,17,23,27-29,31,38-39H,16,18-20H2,1-4H3,(H,36,41)(H,37,40). The minimum atomic E-state index is -1.11. The van der Waals surface area contributed by atoms with E-state index in [9.17, 15) is 19.8 Å². The van der Waals surface area contributed by atoms with Gasteiger partial charge in [-0.15, -0.1) is 0 Å². The summed E-state index contributed by atoms with van der Waals surface area (Å²) in [6, 6.07) is 20.8. The first-order valence-corrected chi connectivity index (χ1v) is 15.5. The number of methoxy groups -OCH3 is 1. The molecule has 236 valence electrons. The predicted molar refractivity (Wildman–Crippen MR) is 171 cm³/mol. The number of nitrogens with one attached hydrogen (secondary N) is 2. The Morgan fingerprint density at radius 3 is 2.45 bits per heavy atom. The number of hydrogen-bond donors (Lipinski definition) is 4. The van der Waals surface area contributed by atoms with Crippen LogP contribution in [0, 0.1) is 5.92 Å². The van der Waals surface area contributed by atoms with Crippen LogP contribution in [0.5, 0.6) is 11.5 Å². The van der Waals surface area contributed by atoms with Crippen molar-refractivity contribution in [1.82, 2.24) is 10.6 Å². The maximum atomic E-state index is 14.0. The average Bonchev–Trinajstić information content (AvgIpc) is 2.98. The van der Waals surface area contributed by atoms with Gasteiger partial charge in [-0.1, -0.05) is 58.4 Å². The highest BCUT2D eigenvalue weighted by molar-refractivity contribution is 9.10. The number of amides is 2. The molecule has 3 aromatic carbocycles. The largest absolute Gasteiger partial charge is 0.497 e. The summed E-state index contributed by atoms with van der Waals surface area (Å²) in [4.78, 5) is 26.8. The number of carbonyl (C=O) groups is 2. The molecule has 0 bridgehead atoms. The van der Waals surface area contributed by atoms with Crippen molar-refractivity contribution in [1.29, 1.82) is 0 Å². The number of aliphatic hydroxyl groups is 2. The summed E-state index contributed by atoms with van der Waals surface area (Å²) in [6.07, 6.45) is -2.09. The van der Waals surface area contributed by atoms with Gasteiger partial charge in [0.2, 0.25) is 5.91 Å². The molecule has 0 fully saturated rings. The van der Waals surface area contributed by atoms with Gasteiger partial charge in [0.15, 0.2) is 0 Å². The molecule has 0 saturated carbocycles. The minimum Gasteiger partial charge on any atom is -0.497 e. The Balaban J connectivity index is 1.60. The van der Waals surface area contributed by atoms with Gasteiger partial charge in [0.25, 0.3) is 0 Å². The van der Waals surface area contributed by atoms with E-state index in [1.807, 2.05) is 66.7 Å². The monoisotopic (exact) mass is 668 g/mol. The Morgan fingerprint density at radius 1 is 1.02 bits per heavy atom. The fraction of sp³-hybridized carbons (Fsp3) is 0.412. The zero-order chi connectivity index (χ0) is 31.9. The van der Waals surface area contributed by atoms with Crippen molar-refractivity contribution in [3.05, 3.63) is 94.0 Å². The van der Waals surface area contributed by atoms with E-state index in [0.717, 1.165) is 15.6 Å². The topological polar surface area (TPSA) is 126 Å².